The quantitative estimate of drug-likeness (QED) is 0.804. The lowest BCUT2D eigenvalue weighted by molar-refractivity contribution is -0.142. The Morgan fingerprint density at radius 2 is 1.82 bits per heavy atom. The van der Waals surface area contributed by atoms with Gasteiger partial charge in [0, 0.05) is 6.92 Å². The number of esters is 1. The highest BCUT2D eigenvalue weighted by atomic mass is 16.5. The maximum absolute atomic E-state index is 10.7. The number of carbonyl (C=O) groups excluding carboxylic acids is 1. The number of aromatic nitrogens is 2. The van der Waals surface area contributed by atoms with Gasteiger partial charge in [0.25, 0.3) is 0 Å². The Hall–Kier alpha value is -2.01. The molecule has 0 unspecified atom stereocenters. The zero-order valence-corrected chi connectivity index (χ0v) is 9.38. The minimum atomic E-state index is -0.385. The number of carbonyl (C=O) groups is 1. The van der Waals surface area contributed by atoms with Crippen LogP contribution in [-0.4, -0.2) is 21.0 Å². The first-order chi connectivity index (χ1) is 8.20. The lowest BCUT2D eigenvalue weighted by Crippen LogP contribution is -2.07. The van der Waals surface area contributed by atoms with Gasteiger partial charge >= 0.3 is 5.97 Å². The van der Waals surface area contributed by atoms with Gasteiger partial charge in [-0.3, -0.25) is 4.79 Å². The van der Waals surface area contributed by atoms with E-state index in [4.69, 9.17) is 4.74 Å². The molecule has 0 atom stereocenters. The normalized spacial score (nSPS) is 10.5. The largest absolute Gasteiger partial charge is 0.459 e. The van der Waals surface area contributed by atoms with Crippen molar-refractivity contribution in [1.82, 2.24) is 9.97 Å². The first kappa shape index (κ1) is 11.5. The number of ether oxygens (including phenoxy) is 1. The highest BCUT2D eigenvalue weighted by Crippen LogP contribution is 2.13. The van der Waals surface area contributed by atoms with Crippen LogP contribution in [0.15, 0.2) is 24.3 Å². The van der Waals surface area contributed by atoms with E-state index in [0.717, 1.165) is 0 Å². The van der Waals surface area contributed by atoms with E-state index >= 15 is 0 Å². The topological polar surface area (TPSA) is 72.3 Å². The van der Waals surface area contributed by atoms with E-state index in [1.807, 2.05) is 24.3 Å². The molecule has 1 N–H and O–H groups in total. The lowest BCUT2D eigenvalue weighted by atomic mass is 10.2. The minimum absolute atomic E-state index is 0.0308. The molecule has 0 saturated carbocycles. The predicted octanol–water partition coefficient (Wildman–Crippen LogP) is 1.19. The molecule has 5 nitrogen and oxygen atoms in total. The van der Waals surface area contributed by atoms with Crippen LogP contribution in [0.2, 0.25) is 0 Å². The Morgan fingerprint density at radius 3 is 2.35 bits per heavy atom. The SMILES string of the molecule is CC(=O)OCc1nc2ccccc2nc1CO. The third-order valence-corrected chi connectivity index (χ3v) is 2.29. The molecule has 5 heteroatoms. The number of aliphatic hydroxyl groups is 1. The van der Waals surface area contributed by atoms with Crippen molar-refractivity contribution >= 4 is 17.0 Å². The Kier molecular flexibility index (Phi) is 3.30. The van der Waals surface area contributed by atoms with Crippen molar-refractivity contribution in [2.45, 2.75) is 20.1 Å². The Morgan fingerprint density at radius 1 is 1.24 bits per heavy atom. The molecular weight excluding hydrogens is 220 g/mol. The minimum Gasteiger partial charge on any atom is -0.459 e. The second-order valence-corrected chi connectivity index (χ2v) is 3.54. The number of nitrogens with zero attached hydrogens (tertiary/aromatic N) is 2. The van der Waals surface area contributed by atoms with Crippen LogP contribution in [0.3, 0.4) is 0 Å². The maximum Gasteiger partial charge on any atom is 0.303 e. The van der Waals surface area contributed by atoms with Gasteiger partial charge in [-0.15, -0.1) is 0 Å². The second kappa shape index (κ2) is 4.88. The zero-order chi connectivity index (χ0) is 12.3. The monoisotopic (exact) mass is 232 g/mol. The number of hydrogen-bond donors (Lipinski definition) is 1. The van der Waals surface area contributed by atoms with Gasteiger partial charge in [-0.2, -0.15) is 0 Å². The number of benzene rings is 1. The van der Waals surface area contributed by atoms with E-state index in [2.05, 4.69) is 9.97 Å². The van der Waals surface area contributed by atoms with Crippen LogP contribution in [0, 0.1) is 0 Å². The van der Waals surface area contributed by atoms with Gasteiger partial charge in [-0.25, -0.2) is 9.97 Å². The molecule has 2 rings (SSSR count). The number of rotatable bonds is 3. The van der Waals surface area contributed by atoms with Crippen molar-refractivity contribution in [2.24, 2.45) is 0 Å². The fourth-order valence-corrected chi connectivity index (χ4v) is 1.49. The second-order valence-electron chi connectivity index (χ2n) is 3.54. The molecule has 0 aliphatic rings. The molecule has 0 fully saturated rings. The van der Waals surface area contributed by atoms with Gasteiger partial charge in [-0.05, 0) is 12.1 Å². The predicted molar refractivity (Wildman–Crippen MR) is 60.9 cm³/mol. The summed E-state index contributed by atoms with van der Waals surface area (Å²) >= 11 is 0. The summed E-state index contributed by atoms with van der Waals surface area (Å²) in [5, 5.41) is 9.20. The summed E-state index contributed by atoms with van der Waals surface area (Å²) in [4.78, 5) is 19.3. The first-order valence-corrected chi connectivity index (χ1v) is 5.19. The van der Waals surface area contributed by atoms with E-state index in [0.29, 0.717) is 22.4 Å². The summed E-state index contributed by atoms with van der Waals surface area (Å²) in [6.07, 6.45) is 0. The highest BCUT2D eigenvalue weighted by molar-refractivity contribution is 5.74. The van der Waals surface area contributed by atoms with Crippen LogP contribution in [0.5, 0.6) is 0 Å². The van der Waals surface area contributed by atoms with Crippen LogP contribution in [0.25, 0.3) is 11.0 Å². The third-order valence-electron chi connectivity index (χ3n) is 2.29. The van der Waals surface area contributed by atoms with Crippen LogP contribution in [0.1, 0.15) is 18.3 Å². The number of aliphatic hydroxyl groups excluding tert-OH is 1. The van der Waals surface area contributed by atoms with E-state index < -0.39 is 0 Å². The average molecular weight is 232 g/mol. The van der Waals surface area contributed by atoms with Gasteiger partial charge in [0.2, 0.25) is 0 Å². The average Bonchev–Trinajstić information content (AvgIpc) is 2.35. The molecule has 1 heterocycles. The third kappa shape index (κ3) is 2.57. The molecule has 0 amide bonds. The van der Waals surface area contributed by atoms with Crippen LogP contribution < -0.4 is 0 Å². The summed E-state index contributed by atoms with van der Waals surface area (Å²) in [7, 11) is 0. The van der Waals surface area contributed by atoms with Gasteiger partial charge in [0.15, 0.2) is 0 Å². The first-order valence-electron chi connectivity index (χ1n) is 5.19. The molecule has 17 heavy (non-hydrogen) atoms. The van der Waals surface area contributed by atoms with Crippen LogP contribution >= 0.6 is 0 Å². The number of hydrogen-bond acceptors (Lipinski definition) is 5. The Balaban J connectivity index is 2.41. The molecule has 0 saturated heterocycles. The molecule has 0 bridgehead atoms. The van der Waals surface area contributed by atoms with Crippen molar-refractivity contribution in [2.75, 3.05) is 0 Å². The van der Waals surface area contributed by atoms with Crippen molar-refractivity contribution in [1.29, 1.82) is 0 Å². The molecule has 1 aromatic heterocycles. The van der Waals surface area contributed by atoms with Crippen molar-refractivity contribution < 1.29 is 14.6 Å². The van der Waals surface area contributed by atoms with Gasteiger partial charge in [0.05, 0.1) is 23.3 Å². The zero-order valence-electron chi connectivity index (χ0n) is 9.38. The molecular formula is C12H12N2O3. The number of para-hydroxylation sites is 2. The van der Waals surface area contributed by atoms with E-state index in [-0.39, 0.29) is 19.2 Å². The summed E-state index contributed by atoms with van der Waals surface area (Å²) < 4.78 is 4.87. The van der Waals surface area contributed by atoms with Gasteiger partial charge in [0.1, 0.15) is 12.3 Å². The molecule has 2 aromatic rings. The smallest absolute Gasteiger partial charge is 0.303 e. The Labute approximate surface area is 98.1 Å². The number of fused-ring (bicyclic) bond motifs is 1. The van der Waals surface area contributed by atoms with E-state index in [1.165, 1.54) is 6.92 Å². The standard InChI is InChI=1S/C12H12N2O3/c1-8(16)17-7-12-11(6-15)13-9-4-2-3-5-10(9)14-12/h2-5,15H,6-7H2,1H3. The van der Waals surface area contributed by atoms with Gasteiger partial charge < -0.3 is 9.84 Å². The summed E-state index contributed by atoms with van der Waals surface area (Å²) in [5.74, 6) is -0.385. The summed E-state index contributed by atoms with van der Waals surface area (Å²) in [6, 6.07) is 7.34. The fraction of sp³-hybridized carbons (Fsp3) is 0.250. The summed E-state index contributed by atoms with van der Waals surface area (Å²) in [6.45, 7) is 1.13. The van der Waals surface area contributed by atoms with Crippen LogP contribution in [0.4, 0.5) is 0 Å². The molecule has 1 aromatic carbocycles. The van der Waals surface area contributed by atoms with Crippen molar-refractivity contribution in [3.8, 4) is 0 Å². The molecule has 0 aliphatic heterocycles. The van der Waals surface area contributed by atoms with E-state index in [9.17, 15) is 9.90 Å². The van der Waals surface area contributed by atoms with Crippen molar-refractivity contribution in [3.05, 3.63) is 35.7 Å². The fourth-order valence-electron chi connectivity index (χ4n) is 1.49. The molecule has 0 aliphatic carbocycles. The maximum atomic E-state index is 10.7. The van der Waals surface area contributed by atoms with E-state index in [1.54, 1.807) is 0 Å². The molecule has 0 spiro atoms. The highest BCUT2D eigenvalue weighted by Gasteiger charge is 2.09. The van der Waals surface area contributed by atoms with Crippen molar-refractivity contribution in [3.63, 3.8) is 0 Å². The van der Waals surface area contributed by atoms with Gasteiger partial charge in [-0.1, -0.05) is 12.1 Å². The lowest BCUT2D eigenvalue weighted by Gasteiger charge is -2.07. The Bertz CT molecular complexity index is 554. The summed E-state index contributed by atoms with van der Waals surface area (Å²) in [5.41, 5.74) is 2.35. The van der Waals surface area contributed by atoms with Crippen LogP contribution in [-0.2, 0) is 22.7 Å². The molecule has 88 valence electrons. The molecule has 0 radical (unpaired) electrons.